The van der Waals surface area contributed by atoms with E-state index < -0.39 is 0 Å². The van der Waals surface area contributed by atoms with E-state index in [1.165, 1.54) is 25.6 Å². The van der Waals surface area contributed by atoms with Gasteiger partial charge in [0, 0.05) is 5.70 Å². The van der Waals surface area contributed by atoms with Crippen LogP contribution in [0.2, 0.25) is 0 Å². The number of halogens is 1. The summed E-state index contributed by atoms with van der Waals surface area (Å²) in [7, 11) is 1.36. The van der Waals surface area contributed by atoms with Crippen molar-refractivity contribution in [3.63, 3.8) is 0 Å². The molecule has 0 radical (unpaired) electrons. The summed E-state index contributed by atoms with van der Waals surface area (Å²) in [5.74, 6) is 0.682. The molecular formula is C26H21FN4O3. The molecule has 0 fully saturated rings. The van der Waals surface area contributed by atoms with Gasteiger partial charge in [-0.2, -0.15) is 10.1 Å². The number of carbonyl (C=O) groups is 1. The van der Waals surface area contributed by atoms with Gasteiger partial charge in [0.2, 0.25) is 5.95 Å². The molecule has 0 aliphatic carbocycles. The lowest BCUT2D eigenvalue weighted by atomic mass is 10.0. The molecule has 0 unspecified atom stereocenters. The molecule has 0 saturated heterocycles. The van der Waals surface area contributed by atoms with Crippen LogP contribution in [-0.2, 0) is 11.3 Å². The second kappa shape index (κ2) is 9.19. The maximum absolute atomic E-state index is 13.4. The Morgan fingerprint density at radius 2 is 1.76 bits per heavy atom. The second-order valence-corrected chi connectivity index (χ2v) is 7.73. The van der Waals surface area contributed by atoms with Crippen molar-refractivity contribution in [3.8, 4) is 5.75 Å². The quantitative estimate of drug-likeness (QED) is 0.419. The van der Waals surface area contributed by atoms with Crippen LogP contribution in [0.4, 0.5) is 10.3 Å². The summed E-state index contributed by atoms with van der Waals surface area (Å²) in [5, 5.41) is 7.61. The van der Waals surface area contributed by atoms with E-state index >= 15 is 0 Å². The molecule has 2 heterocycles. The van der Waals surface area contributed by atoms with Crippen LogP contribution in [0, 0.1) is 5.82 Å². The van der Waals surface area contributed by atoms with Crippen molar-refractivity contribution in [2.45, 2.75) is 12.6 Å². The topological polar surface area (TPSA) is 78.3 Å². The fourth-order valence-corrected chi connectivity index (χ4v) is 3.75. The van der Waals surface area contributed by atoms with Gasteiger partial charge < -0.3 is 14.8 Å². The van der Waals surface area contributed by atoms with Crippen molar-refractivity contribution < 1.29 is 18.7 Å². The lowest BCUT2D eigenvalue weighted by Gasteiger charge is -2.24. The standard InChI is InChI=1S/C26H21FN4O3/c1-33-25(32)20-4-2-17(3-5-20)15-34-22-12-8-19(9-13-22)24-14-23(18-6-10-21(27)11-7-18)30-26-28-16-29-31(24)26/h2-14,16,24H,15H2,1H3,(H,28,29,30)/t24-/m1/s1. The number of nitrogens with one attached hydrogen (secondary N) is 1. The lowest BCUT2D eigenvalue weighted by Crippen LogP contribution is -2.20. The van der Waals surface area contributed by atoms with Crippen LogP contribution >= 0.6 is 0 Å². The third-order valence-corrected chi connectivity index (χ3v) is 5.56. The van der Waals surface area contributed by atoms with Gasteiger partial charge in [-0.05, 0) is 71.3 Å². The van der Waals surface area contributed by atoms with Crippen molar-refractivity contribution in [2.75, 3.05) is 12.4 Å². The van der Waals surface area contributed by atoms with Crippen molar-refractivity contribution in [1.82, 2.24) is 14.8 Å². The second-order valence-electron chi connectivity index (χ2n) is 7.73. The Balaban J connectivity index is 1.32. The lowest BCUT2D eigenvalue weighted by molar-refractivity contribution is 0.0600. The van der Waals surface area contributed by atoms with Crippen LogP contribution in [-0.4, -0.2) is 27.8 Å². The number of fused-ring (bicyclic) bond motifs is 1. The SMILES string of the molecule is COC(=O)c1ccc(COc2ccc([C@H]3C=C(c4ccc(F)cc4)Nc4ncnn43)cc2)cc1. The van der Waals surface area contributed by atoms with E-state index in [1.54, 1.807) is 28.9 Å². The number of carbonyl (C=O) groups excluding carboxylic acids is 1. The van der Waals surface area contributed by atoms with E-state index in [0.717, 1.165) is 28.1 Å². The van der Waals surface area contributed by atoms with Gasteiger partial charge in [0.15, 0.2) is 0 Å². The zero-order valence-electron chi connectivity index (χ0n) is 18.3. The molecule has 7 nitrogen and oxygen atoms in total. The number of methoxy groups -OCH3 is 1. The first kappa shape index (κ1) is 21.4. The molecule has 4 aromatic rings. The van der Waals surface area contributed by atoms with Crippen LogP contribution in [0.3, 0.4) is 0 Å². The molecule has 0 spiro atoms. The largest absolute Gasteiger partial charge is 0.489 e. The molecule has 0 amide bonds. The molecule has 34 heavy (non-hydrogen) atoms. The van der Waals surface area contributed by atoms with Gasteiger partial charge in [-0.15, -0.1) is 0 Å². The predicted molar refractivity (Wildman–Crippen MR) is 125 cm³/mol. The number of ether oxygens (including phenoxy) is 2. The number of hydrogen-bond acceptors (Lipinski definition) is 6. The normalized spacial score (nSPS) is 14.5. The molecule has 1 aromatic heterocycles. The highest BCUT2D eigenvalue weighted by molar-refractivity contribution is 5.89. The third-order valence-electron chi connectivity index (χ3n) is 5.56. The molecule has 1 N–H and O–H groups in total. The molecule has 1 aliphatic rings. The Morgan fingerprint density at radius 3 is 2.47 bits per heavy atom. The molecule has 1 atom stereocenters. The Hall–Kier alpha value is -4.46. The number of rotatable bonds is 6. The fraction of sp³-hybridized carbons (Fsp3) is 0.115. The Bertz CT molecular complexity index is 1330. The highest BCUT2D eigenvalue weighted by Crippen LogP contribution is 2.32. The van der Waals surface area contributed by atoms with E-state index in [9.17, 15) is 9.18 Å². The van der Waals surface area contributed by atoms with Gasteiger partial charge >= 0.3 is 5.97 Å². The predicted octanol–water partition coefficient (Wildman–Crippen LogP) is 4.84. The highest BCUT2D eigenvalue weighted by atomic mass is 19.1. The first-order valence-electron chi connectivity index (χ1n) is 10.6. The van der Waals surface area contributed by atoms with Gasteiger partial charge in [-0.1, -0.05) is 24.3 Å². The van der Waals surface area contributed by atoms with E-state index in [1.807, 2.05) is 42.5 Å². The smallest absolute Gasteiger partial charge is 0.337 e. The number of hydrogen-bond donors (Lipinski definition) is 1. The summed E-state index contributed by atoms with van der Waals surface area (Å²) >= 11 is 0. The van der Waals surface area contributed by atoms with Gasteiger partial charge in [0.25, 0.3) is 0 Å². The molecule has 170 valence electrons. The maximum Gasteiger partial charge on any atom is 0.337 e. The zero-order chi connectivity index (χ0) is 23.5. The fourth-order valence-electron chi connectivity index (χ4n) is 3.75. The number of allylic oxidation sites excluding steroid dienone is 1. The summed E-state index contributed by atoms with van der Waals surface area (Å²) in [6.07, 6.45) is 3.54. The Labute approximate surface area is 195 Å². The van der Waals surface area contributed by atoms with Gasteiger partial charge in [0.1, 0.15) is 30.5 Å². The first-order valence-corrected chi connectivity index (χ1v) is 10.6. The van der Waals surface area contributed by atoms with Crippen molar-refractivity contribution in [1.29, 1.82) is 0 Å². The van der Waals surface area contributed by atoms with E-state index in [2.05, 4.69) is 15.4 Å². The monoisotopic (exact) mass is 456 g/mol. The average molecular weight is 456 g/mol. The van der Waals surface area contributed by atoms with Crippen molar-refractivity contribution in [2.24, 2.45) is 0 Å². The summed E-state index contributed by atoms with van der Waals surface area (Å²) in [4.78, 5) is 15.9. The Morgan fingerprint density at radius 1 is 1.03 bits per heavy atom. The molecular weight excluding hydrogens is 435 g/mol. The molecule has 0 saturated carbocycles. The summed E-state index contributed by atoms with van der Waals surface area (Å²) in [5.41, 5.74) is 4.13. The Kier molecular flexibility index (Phi) is 5.78. The van der Waals surface area contributed by atoms with Crippen LogP contribution in [0.25, 0.3) is 5.70 Å². The maximum atomic E-state index is 13.4. The van der Waals surface area contributed by atoms with E-state index in [-0.39, 0.29) is 17.8 Å². The van der Waals surface area contributed by atoms with Gasteiger partial charge in [-0.3, -0.25) is 0 Å². The number of aromatic nitrogens is 3. The van der Waals surface area contributed by atoms with Gasteiger partial charge in [0.05, 0.1) is 12.7 Å². The van der Waals surface area contributed by atoms with E-state index in [0.29, 0.717) is 18.1 Å². The molecule has 8 heteroatoms. The van der Waals surface area contributed by atoms with Gasteiger partial charge in [-0.25, -0.2) is 13.9 Å². The molecule has 0 bridgehead atoms. The minimum atomic E-state index is -0.367. The number of esters is 1. The minimum absolute atomic E-state index is 0.182. The summed E-state index contributed by atoms with van der Waals surface area (Å²) < 4.78 is 25.8. The number of anilines is 1. The average Bonchev–Trinajstić information content (AvgIpc) is 3.36. The van der Waals surface area contributed by atoms with Crippen LogP contribution in [0.15, 0.2) is 85.2 Å². The number of nitrogens with zero attached hydrogens (tertiary/aromatic N) is 3. The summed E-state index contributed by atoms with van der Waals surface area (Å²) in [6, 6.07) is 21.0. The van der Waals surface area contributed by atoms with Crippen molar-refractivity contribution in [3.05, 3.63) is 113 Å². The van der Waals surface area contributed by atoms with Crippen LogP contribution in [0.1, 0.15) is 33.1 Å². The molecule has 1 aliphatic heterocycles. The highest BCUT2D eigenvalue weighted by Gasteiger charge is 2.23. The summed E-state index contributed by atoms with van der Waals surface area (Å²) in [6.45, 7) is 0.371. The molecule has 5 rings (SSSR count). The van der Waals surface area contributed by atoms with E-state index in [4.69, 9.17) is 9.47 Å². The van der Waals surface area contributed by atoms with Crippen LogP contribution < -0.4 is 10.1 Å². The minimum Gasteiger partial charge on any atom is -0.489 e. The number of benzene rings is 3. The molecule has 3 aromatic carbocycles. The zero-order valence-corrected chi connectivity index (χ0v) is 18.3. The first-order chi connectivity index (χ1) is 16.6. The van der Waals surface area contributed by atoms with Crippen LogP contribution in [0.5, 0.6) is 5.75 Å². The van der Waals surface area contributed by atoms with Crippen molar-refractivity contribution >= 4 is 17.6 Å². The third kappa shape index (κ3) is 4.38.